The Morgan fingerprint density at radius 1 is 1.11 bits per heavy atom. The van der Waals surface area contributed by atoms with Crippen LogP contribution in [0.3, 0.4) is 0 Å². The summed E-state index contributed by atoms with van der Waals surface area (Å²) < 4.78 is 5.28. The molecule has 0 radical (unpaired) electrons. The average Bonchev–Trinajstić information content (AvgIpc) is 2.70. The van der Waals surface area contributed by atoms with Crippen molar-refractivity contribution >= 4 is 23.8 Å². The highest BCUT2D eigenvalue weighted by Crippen LogP contribution is 2.27. The number of rotatable bonds is 11. The lowest BCUT2D eigenvalue weighted by Gasteiger charge is -2.35. The highest BCUT2D eigenvalue weighted by atomic mass is 16.6. The molecule has 0 bridgehead atoms. The van der Waals surface area contributed by atoms with Gasteiger partial charge in [0.05, 0.1) is 6.61 Å². The van der Waals surface area contributed by atoms with E-state index in [0.717, 1.165) is 11.1 Å². The van der Waals surface area contributed by atoms with Crippen molar-refractivity contribution in [2.24, 2.45) is 5.73 Å². The molecule has 5 N–H and O–H groups in total. The fraction of sp³-hybridized carbons (Fsp3) is 0.600. The van der Waals surface area contributed by atoms with E-state index in [1.54, 1.807) is 34.6 Å². The standard InChI is InChI=1S/C25H40N4O6/c1-15(2)27-22(32)21(18-14-16(3)8-9-17(18)4)29(12-13-30)23(33)19(10-11-20(26)31)28-24(34)35-25(5,6)7/h8-9,14-15,19,21,30H,10-13H2,1-7H3,(H2,26,31)(H,27,32)(H,28,34). The highest BCUT2D eigenvalue weighted by Gasteiger charge is 2.37. The number of ether oxygens (including phenoxy) is 1. The molecule has 196 valence electrons. The van der Waals surface area contributed by atoms with Crippen LogP contribution in [0.2, 0.25) is 0 Å². The second-order valence-corrected chi connectivity index (χ2v) is 9.88. The summed E-state index contributed by atoms with van der Waals surface area (Å²) >= 11 is 0. The Kier molecular flexibility index (Phi) is 11.2. The number of amides is 4. The average molecular weight is 493 g/mol. The summed E-state index contributed by atoms with van der Waals surface area (Å²) in [6.45, 7) is 11.7. The van der Waals surface area contributed by atoms with Crippen LogP contribution in [0.25, 0.3) is 0 Å². The first-order chi connectivity index (χ1) is 16.2. The van der Waals surface area contributed by atoms with Gasteiger partial charge in [0, 0.05) is 19.0 Å². The third-order valence-electron chi connectivity index (χ3n) is 5.01. The maximum atomic E-state index is 13.8. The van der Waals surface area contributed by atoms with Crippen LogP contribution >= 0.6 is 0 Å². The number of aliphatic hydroxyl groups excluding tert-OH is 1. The molecular weight excluding hydrogens is 452 g/mol. The molecule has 0 aliphatic rings. The molecule has 0 aromatic heterocycles. The lowest BCUT2D eigenvalue weighted by atomic mass is 9.95. The molecule has 0 heterocycles. The van der Waals surface area contributed by atoms with Gasteiger partial charge in [-0.3, -0.25) is 14.4 Å². The number of aliphatic hydroxyl groups is 1. The lowest BCUT2D eigenvalue weighted by Crippen LogP contribution is -2.54. The lowest BCUT2D eigenvalue weighted by molar-refractivity contribution is -0.143. The first kappa shape index (κ1) is 29.9. The maximum absolute atomic E-state index is 13.8. The molecule has 35 heavy (non-hydrogen) atoms. The summed E-state index contributed by atoms with van der Waals surface area (Å²) in [4.78, 5) is 52.3. The zero-order valence-electron chi connectivity index (χ0n) is 21.8. The van der Waals surface area contributed by atoms with Crippen LogP contribution in [-0.4, -0.2) is 64.7 Å². The Hall–Kier alpha value is -3.14. The molecular formula is C25H40N4O6. The maximum Gasteiger partial charge on any atom is 0.408 e. The Morgan fingerprint density at radius 2 is 1.74 bits per heavy atom. The van der Waals surface area contributed by atoms with Gasteiger partial charge in [-0.2, -0.15) is 0 Å². The van der Waals surface area contributed by atoms with E-state index in [1.165, 1.54) is 4.90 Å². The minimum absolute atomic E-state index is 0.0966. The van der Waals surface area contributed by atoms with Crippen molar-refractivity contribution < 1.29 is 29.0 Å². The number of carbonyl (C=O) groups excluding carboxylic acids is 4. The quantitative estimate of drug-likeness (QED) is 0.370. The third-order valence-corrected chi connectivity index (χ3v) is 5.01. The highest BCUT2D eigenvalue weighted by molar-refractivity contribution is 5.92. The van der Waals surface area contributed by atoms with Crippen molar-refractivity contribution in [3.63, 3.8) is 0 Å². The predicted octanol–water partition coefficient (Wildman–Crippen LogP) is 1.85. The summed E-state index contributed by atoms with van der Waals surface area (Å²) in [5.74, 6) is -1.72. The smallest absolute Gasteiger partial charge is 0.408 e. The summed E-state index contributed by atoms with van der Waals surface area (Å²) in [5, 5.41) is 15.1. The number of hydrogen-bond acceptors (Lipinski definition) is 6. The van der Waals surface area contributed by atoms with E-state index >= 15 is 0 Å². The van der Waals surface area contributed by atoms with Gasteiger partial charge in [-0.15, -0.1) is 0 Å². The number of carbonyl (C=O) groups is 4. The number of primary amides is 1. The van der Waals surface area contributed by atoms with E-state index in [4.69, 9.17) is 10.5 Å². The molecule has 2 atom stereocenters. The number of nitrogens with one attached hydrogen (secondary N) is 2. The number of alkyl carbamates (subject to hydrolysis) is 1. The predicted molar refractivity (Wildman–Crippen MR) is 132 cm³/mol. The van der Waals surface area contributed by atoms with Gasteiger partial charge >= 0.3 is 6.09 Å². The summed E-state index contributed by atoms with van der Waals surface area (Å²) in [7, 11) is 0. The fourth-order valence-electron chi connectivity index (χ4n) is 3.54. The van der Waals surface area contributed by atoms with Crippen LogP contribution in [0.15, 0.2) is 18.2 Å². The van der Waals surface area contributed by atoms with E-state index in [0.29, 0.717) is 5.56 Å². The van der Waals surface area contributed by atoms with Crippen molar-refractivity contribution in [1.82, 2.24) is 15.5 Å². The monoisotopic (exact) mass is 492 g/mol. The van der Waals surface area contributed by atoms with Gasteiger partial charge in [-0.05, 0) is 66.0 Å². The van der Waals surface area contributed by atoms with Crippen LogP contribution in [-0.2, 0) is 19.1 Å². The van der Waals surface area contributed by atoms with Crippen LogP contribution < -0.4 is 16.4 Å². The van der Waals surface area contributed by atoms with Gasteiger partial charge < -0.3 is 31.1 Å². The van der Waals surface area contributed by atoms with E-state index in [9.17, 15) is 24.3 Å². The summed E-state index contributed by atoms with van der Waals surface area (Å²) in [5.41, 5.74) is 6.74. The van der Waals surface area contributed by atoms with Crippen LogP contribution in [0.1, 0.15) is 70.2 Å². The van der Waals surface area contributed by atoms with Crippen LogP contribution in [0.5, 0.6) is 0 Å². The normalized spacial score (nSPS) is 13.1. The Bertz CT molecular complexity index is 910. The minimum atomic E-state index is -1.21. The van der Waals surface area contributed by atoms with E-state index < -0.39 is 48.1 Å². The Labute approximate surface area is 207 Å². The second kappa shape index (κ2) is 13.1. The van der Waals surface area contributed by atoms with Crippen molar-refractivity contribution in [1.29, 1.82) is 0 Å². The SMILES string of the molecule is Cc1ccc(C)c(C(C(=O)NC(C)C)N(CCO)C(=O)C(CCC(N)=O)NC(=O)OC(C)(C)C)c1. The van der Waals surface area contributed by atoms with Gasteiger partial charge in [0.1, 0.15) is 17.7 Å². The molecule has 4 amide bonds. The van der Waals surface area contributed by atoms with Gasteiger partial charge in [0.2, 0.25) is 17.7 Å². The summed E-state index contributed by atoms with van der Waals surface area (Å²) in [6.07, 6.45) is -1.12. The number of nitrogens with two attached hydrogens (primary N) is 1. The van der Waals surface area contributed by atoms with Crippen LogP contribution in [0, 0.1) is 13.8 Å². The molecule has 0 spiro atoms. The first-order valence-corrected chi connectivity index (χ1v) is 11.7. The van der Waals surface area contributed by atoms with Crippen LogP contribution in [0.4, 0.5) is 4.79 Å². The topological polar surface area (TPSA) is 151 Å². The van der Waals surface area contributed by atoms with Gasteiger partial charge in [-0.25, -0.2) is 4.79 Å². The molecule has 1 aromatic carbocycles. The molecule has 1 rings (SSSR count). The fourth-order valence-corrected chi connectivity index (χ4v) is 3.54. The van der Waals surface area contributed by atoms with Gasteiger partial charge in [-0.1, -0.05) is 23.8 Å². The number of nitrogens with zero attached hydrogens (tertiary/aromatic N) is 1. The molecule has 2 unspecified atom stereocenters. The van der Waals surface area contributed by atoms with E-state index in [1.807, 2.05) is 32.0 Å². The first-order valence-electron chi connectivity index (χ1n) is 11.7. The molecule has 10 heteroatoms. The Morgan fingerprint density at radius 3 is 2.26 bits per heavy atom. The number of benzene rings is 1. The third kappa shape index (κ3) is 9.94. The minimum Gasteiger partial charge on any atom is -0.444 e. The molecule has 0 aliphatic heterocycles. The van der Waals surface area contributed by atoms with Crippen molar-refractivity contribution in [3.05, 3.63) is 34.9 Å². The number of hydrogen-bond donors (Lipinski definition) is 4. The van der Waals surface area contributed by atoms with Crippen molar-refractivity contribution in [2.75, 3.05) is 13.2 Å². The summed E-state index contributed by atoms with van der Waals surface area (Å²) in [6, 6.07) is 3.08. The second-order valence-electron chi connectivity index (χ2n) is 9.88. The molecule has 1 aromatic rings. The Balaban J connectivity index is 3.50. The van der Waals surface area contributed by atoms with Gasteiger partial charge in [0.25, 0.3) is 0 Å². The molecule has 0 fully saturated rings. The van der Waals surface area contributed by atoms with E-state index in [2.05, 4.69) is 10.6 Å². The van der Waals surface area contributed by atoms with Crippen molar-refractivity contribution in [3.8, 4) is 0 Å². The molecule has 0 saturated heterocycles. The zero-order chi connectivity index (χ0) is 26.9. The number of aryl methyl sites for hydroxylation is 2. The molecule has 0 aliphatic carbocycles. The molecule has 0 saturated carbocycles. The zero-order valence-corrected chi connectivity index (χ0v) is 21.8. The van der Waals surface area contributed by atoms with Gasteiger partial charge in [0.15, 0.2) is 0 Å². The molecule has 10 nitrogen and oxygen atoms in total. The van der Waals surface area contributed by atoms with Crippen molar-refractivity contribution in [2.45, 2.75) is 85.0 Å². The van der Waals surface area contributed by atoms with E-state index in [-0.39, 0.29) is 25.4 Å². The largest absolute Gasteiger partial charge is 0.444 e.